The molecule has 3 aromatic rings. The molecule has 5 rings (SSSR count). The van der Waals surface area contributed by atoms with Crippen molar-refractivity contribution in [3.8, 4) is 0 Å². The second-order valence-electron chi connectivity index (χ2n) is 8.71. The molecule has 1 fully saturated rings. The van der Waals surface area contributed by atoms with Crippen molar-refractivity contribution in [1.29, 1.82) is 0 Å². The van der Waals surface area contributed by atoms with Crippen LogP contribution < -0.4 is 10.2 Å². The molecule has 11 heteroatoms. The zero-order valence-corrected chi connectivity index (χ0v) is 19.3. The molecule has 0 spiro atoms. The van der Waals surface area contributed by atoms with E-state index in [1.54, 1.807) is 19.1 Å². The lowest BCUT2D eigenvalue weighted by atomic mass is 10.1. The number of ether oxygens (including phenoxy) is 1. The van der Waals surface area contributed by atoms with Crippen molar-refractivity contribution in [3.63, 3.8) is 0 Å². The van der Waals surface area contributed by atoms with Gasteiger partial charge in [-0.15, -0.1) is 0 Å². The van der Waals surface area contributed by atoms with Crippen molar-refractivity contribution in [1.82, 2.24) is 34.8 Å². The smallest absolute Gasteiger partial charge is 0.289 e. The number of amides is 2. The van der Waals surface area contributed by atoms with Crippen LogP contribution in [0.1, 0.15) is 28.3 Å². The molecule has 4 heterocycles. The van der Waals surface area contributed by atoms with Crippen LogP contribution >= 0.6 is 0 Å². The van der Waals surface area contributed by atoms with E-state index in [2.05, 4.69) is 20.3 Å². The van der Waals surface area contributed by atoms with E-state index in [1.807, 2.05) is 41.1 Å². The van der Waals surface area contributed by atoms with Crippen LogP contribution in [0.3, 0.4) is 0 Å². The van der Waals surface area contributed by atoms with Crippen LogP contribution in [0.4, 0.5) is 5.82 Å². The fraction of sp³-hybridized carbons (Fsp3) is 0.435. The highest BCUT2D eigenvalue weighted by atomic mass is 16.5. The summed E-state index contributed by atoms with van der Waals surface area (Å²) in [5, 5.41) is 11.7. The molecule has 11 nitrogen and oxygen atoms in total. The predicted molar refractivity (Wildman–Crippen MR) is 123 cm³/mol. The first-order valence-corrected chi connectivity index (χ1v) is 11.3. The fourth-order valence-electron chi connectivity index (χ4n) is 4.39. The van der Waals surface area contributed by atoms with Gasteiger partial charge < -0.3 is 10.1 Å². The minimum Gasteiger partial charge on any atom is -0.379 e. The predicted octanol–water partition coefficient (Wildman–Crippen LogP) is 0.519. The Morgan fingerprint density at radius 3 is 2.76 bits per heavy atom. The van der Waals surface area contributed by atoms with Crippen molar-refractivity contribution < 1.29 is 14.3 Å². The third kappa shape index (κ3) is 4.44. The van der Waals surface area contributed by atoms with Gasteiger partial charge in [-0.1, -0.05) is 30.3 Å². The first-order valence-electron chi connectivity index (χ1n) is 11.3. The topological polar surface area (TPSA) is 110 Å². The molecule has 0 radical (unpaired) electrons. The number of likely N-dealkylation sites (tertiary alicyclic amines) is 1. The van der Waals surface area contributed by atoms with Gasteiger partial charge in [-0.3, -0.25) is 19.4 Å². The number of carbonyl (C=O) groups is 2. The standard InChI is InChI=1S/C23H28N8O3/c1-28-20-10-17(12-29-13-18(14-29)34-2)27-30(20)9-8-19(23(28)33)26-22(32)21-24-15-25-31(21)11-16-6-4-3-5-7-16/h3-7,10,15,18-19H,8-9,11-14H2,1-2H3,(H,26,32). The minimum absolute atomic E-state index is 0.174. The van der Waals surface area contributed by atoms with Gasteiger partial charge in [0.25, 0.3) is 11.8 Å². The highest BCUT2D eigenvalue weighted by molar-refractivity contribution is 6.00. The largest absolute Gasteiger partial charge is 0.379 e. The van der Waals surface area contributed by atoms with Crippen molar-refractivity contribution in [2.24, 2.45) is 0 Å². The number of nitrogens with zero attached hydrogens (tertiary/aromatic N) is 7. The summed E-state index contributed by atoms with van der Waals surface area (Å²) in [5.74, 6) is 0.294. The number of anilines is 1. The molecular formula is C23H28N8O3. The SMILES string of the molecule is COC1CN(Cc2cc3n(n2)CCC(NC(=O)c2ncnn2Cc2ccccc2)C(=O)N3C)C1. The van der Waals surface area contributed by atoms with Gasteiger partial charge >= 0.3 is 0 Å². The second kappa shape index (κ2) is 9.35. The van der Waals surface area contributed by atoms with E-state index in [0.717, 1.165) is 36.7 Å². The molecule has 1 saturated heterocycles. The third-order valence-electron chi connectivity index (χ3n) is 6.35. The molecule has 1 N–H and O–H groups in total. The zero-order chi connectivity index (χ0) is 23.7. The Morgan fingerprint density at radius 2 is 2.00 bits per heavy atom. The average molecular weight is 465 g/mol. The van der Waals surface area contributed by atoms with Gasteiger partial charge in [-0.05, 0) is 12.0 Å². The van der Waals surface area contributed by atoms with E-state index < -0.39 is 11.9 Å². The maximum absolute atomic E-state index is 13.2. The summed E-state index contributed by atoms with van der Waals surface area (Å²) in [7, 11) is 3.44. The van der Waals surface area contributed by atoms with Crippen molar-refractivity contribution >= 4 is 17.6 Å². The molecule has 2 amide bonds. The van der Waals surface area contributed by atoms with E-state index in [-0.39, 0.29) is 17.8 Å². The summed E-state index contributed by atoms with van der Waals surface area (Å²) >= 11 is 0. The molecule has 1 unspecified atom stereocenters. The Balaban J connectivity index is 1.24. The molecule has 2 aliphatic heterocycles. The van der Waals surface area contributed by atoms with E-state index in [9.17, 15) is 9.59 Å². The molecule has 178 valence electrons. The highest BCUT2D eigenvalue weighted by Gasteiger charge is 2.33. The maximum Gasteiger partial charge on any atom is 0.289 e. The average Bonchev–Trinajstić information content (AvgIpc) is 3.43. The number of benzene rings is 1. The van der Waals surface area contributed by atoms with E-state index in [4.69, 9.17) is 9.84 Å². The van der Waals surface area contributed by atoms with Crippen LogP contribution in [-0.4, -0.2) is 80.7 Å². The van der Waals surface area contributed by atoms with Gasteiger partial charge in [0.05, 0.1) is 18.3 Å². The molecule has 2 aromatic heterocycles. The number of aromatic nitrogens is 5. The minimum atomic E-state index is -0.678. The van der Waals surface area contributed by atoms with Gasteiger partial charge in [0.1, 0.15) is 18.2 Å². The number of carbonyl (C=O) groups excluding carboxylic acids is 2. The fourth-order valence-corrected chi connectivity index (χ4v) is 4.39. The molecular weight excluding hydrogens is 436 g/mol. The van der Waals surface area contributed by atoms with Gasteiger partial charge in [0.2, 0.25) is 5.82 Å². The normalized spacial score (nSPS) is 18.9. The molecule has 1 atom stereocenters. The summed E-state index contributed by atoms with van der Waals surface area (Å²) in [5.41, 5.74) is 1.92. The van der Waals surface area contributed by atoms with Crippen molar-refractivity contribution in [2.45, 2.75) is 38.2 Å². The Kier molecular flexibility index (Phi) is 6.12. The number of nitrogens with one attached hydrogen (secondary N) is 1. The Hall–Kier alpha value is -3.57. The maximum atomic E-state index is 13.2. The summed E-state index contributed by atoms with van der Waals surface area (Å²) in [6, 6.07) is 11.0. The van der Waals surface area contributed by atoms with Crippen LogP contribution in [-0.2, 0) is 29.2 Å². The van der Waals surface area contributed by atoms with Crippen LogP contribution in [0.2, 0.25) is 0 Å². The summed E-state index contributed by atoms with van der Waals surface area (Å²) in [6.07, 6.45) is 2.07. The lowest BCUT2D eigenvalue weighted by Gasteiger charge is -2.37. The number of hydrogen-bond donors (Lipinski definition) is 1. The summed E-state index contributed by atoms with van der Waals surface area (Å²) in [6.45, 7) is 3.43. The van der Waals surface area contributed by atoms with Crippen LogP contribution in [0.5, 0.6) is 0 Å². The Labute approximate surface area is 197 Å². The lowest BCUT2D eigenvalue weighted by Crippen LogP contribution is -2.51. The van der Waals surface area contributed by atoms with Gasteiger partial charge in [-0.25, -0.2) is 14.3 Å². The zero-order valence-electron chi connectivity index (χ0n) is 19.3. The van der Waals surface area contributed by atoms with E-state index in [0.29, 0.717) is 19.5 Å². The van der Waals surface area contributed by atoms with Crippen LogP contribution in [0.15, 0.2) is 42.7 Å². The second-order valence-corrected chi connectivity index (χ2v) is 8.71. The summed E-state index contributed by atoms with van der Waals surface area (Å²) in [4.78, 5) is 34.1. The van der Waals surface area contributed by atoms with Crippen molar-refractivity contribution in [2.75, 3.05) is 32.1 Å². The molecule has 1 aromatic carbocycles. The molecule has 0 bridgehead atoms. The van der Waals surface area contributed by atoms with Crippen molar-refractivity contribution in [3.05, 3.63) is 59.8 Å². The number of rotatable bonds is 7. The number of fused-ring (bicyclic) bond motifs is 1. The van der Waals surface area contributed by atoms with Gasteiger partial charge in [-0.2, -0.15) is 10.2 Å². The Bertz CT molecular complexity index is 1170. The van der Waals surface area contributed by atoms with E-state index in [1.165, 1.54) is 11.0 Å². The summed E-state index contributed by atoms with van der Waals surface area (Å²) < 4.78 is 8.70. The number of methoxy groups -OCH3 is 1. The molecule has 2 aliphatic rings. The molecule has 0 saturated carbocycles. The first kappa shape index (κ1) is 22.2. The monoisotopic (exact) mass is 464 g/mol. The number of likely N-dealkylation sites (N-methyl/N-ethyl adjacent to an activating group) is 1. The van der Waals surface area contributed by atoms with Gasteiger partial charge in [0.15, 0.2) is 0 Å². The third-order valence-corrected chi connectivity index (χ3v) is 6.35. The van der Waals surface area contributed by atoms with Crippen LogP contribution in [0.25, 0.3) is 0 Å². The number of aryl methyl sites for hydroxylation is 1. The first-order chi connectivity index (χ1) is 16.5. The quantitative estimate of drug-likeness (QED) is 0.543. The molecule has 34 heavy (non-hydrogen) atoms. The van der Waals surface area contributed by atoms with E-state index >= 15 is 0 Å². The highest BCUT2D eigenvalue weighted by Crippen LogP contribution is 2.23. The number of hydrogen-bond acceptors (Lipinski definition) is 7. The lowest BCUT2D eigenvalue weighted by molar-refractivity contribution is -0.120. The van der Waals surface area contributed by atoms with Gasteiger partial charge in [0, 0.05) is 46.4 Å². The van der Waals surface area contributed by atoms with Crippen LogP contribution in [0, 0.1) is 0 Å². The Morgan fingerprint density at radius 1 is 1.21 bits per heavy atom. The molecule has 0 aliphatic carbocycles.